The highest BCUT2D eigenvalue weighted by molar-refractivity contribution is 5.96. The molecule has 0 spiro atoms. The van der Waals surface area contributed by atoms with Gasteiger partial charge in [-0.3, -0.25) is 9.78 Å². The lowest BCUT2D eigenvalue weighted by Gasteiger charge is -2.18. The molecular weight excluding hydrogens is 328 g/mol. The normalized spacial score (nSPS) is 12.0. The lowest BCUT2D eigenvalue weighted by molar-refractivity contribution is 0.0929. The van der Waals surface area contributed by atoms with E-state index < -0.39 is 0 Å². The standard InChI is InChI=1S/C19H22N6O/c1-11-9-12(2)21-16-15(11)18(25(4)5)24-17(23-16)19(26)22-13(3)14-7-6-8-20-10-14/h6-10,13H,1-5H3,(H,22,26). The van der Waals surface area contributed by atoms with Crippen molar-refractivity contribution in [1.29, 1.82) is 0 Å². The number of amides is 1. The molecule has 0 aliphatic heterocycles. The summed E-state index contributed by atoms with van der Waals surface area (Å²) >= 11 is 0. The number of anilines is 1. The maximum Gasteiger partial charge on any atom is 0.289 e. The molecule has 26 heavy (non-hydrogen) atoms. The Hall–Kier alpha value is -3.09. The summed E-state index contributed by atoms with van der Waals surface area (Å²) in [7, 11) is 3.78. The summed E-state index contributed by atoms with van der Waals surface area (Å²) < 4.78 is 0. The Morgan fingerprint density at radius 2 is 1.96 bits per heavy atom. The predicted octanol–water partition coefficient (Wildman–Crippen LogP) is 2.59. The van der Waals surface area contributed by atoms with Crippen molar-refractivity contribution < 1.29 is 4.79 Å². The first-order valence-electron chi connectivity index (χ1n) is 8.41. The molecule has 0 aliphatic carbocycles. The first-order chi connectivity index (χ1) is 12.4. The Morgan fingerprint density at radius 3 is 2.62 bits per heavy atom. The van der Waals surface area contributed by atoms with Gasteiger partial charge in [0, 0.05) is 32.2 Å². The van der Waals surface area contributed by atoms with Crippen LogP contribution in [0.2, 0.25) is 0 Å². The number of hydrogen-bond acceptors (Lipinski definition) is 6. The number of fused-ring (bicyclic) bond motifs is 1. The van der Waals surface area contributed by atoms with E-state index in [0.29, 0.717) is 11.5 Å². The van der Waals surface area contributed by atoms with Crippen LogP contribution in [0.1, 0.15) is 40.4 Å². The highest BCUT2D eigenvalue weighted by atomic mass is 16.2. The number of rotatable bonds is 4. The minimum atomic E-state index is -0.340. The molecule has 0 aliphatic rings. The van der Waals surface area contributed by atoms with Crippen molar-refractivity contribution in [3.8, 4) is 0 Å². The third-order valence-electron chi connectivity index (χ3n) is 4.13. The van der Waals surface area contributed by atoms with Crippen LogP contribution in [0.3, 0.4) is 0 Å². The lowest BCUT2D eigenvalue weighted by Crippen LogP contribution is -2.29. The Labute approximate surface area is 152 Å². The van der Waals surface area contributed by atoms with Crippen molar-refractivity contribution in [2.24, 2.45) is 0 Å². The molecule has 0 fully saturated rings. The number of hydrogen-bond donors (Lipinski definition) is 1. The summed E-state index contributed by atoms with van der Waals surface area (Å²) in [5.74, 6) is 0.445. The summed E-state index contributed by atoms with van der Waals surface area (Å²) in [6.07, 6.45) is 3.43. The molecule has 134 valence electrons. The Balaban J connectivity index is 2.00. The number of aromatic nitrogens is 4. The Kier molecular flexibility index (Phi) is 4.79. The van der Waals surface area contributed by atoms with Crippen LogP contribution in [0.5, 0.6) is 0 Å². The van der Waals surface area contributed by atoms with Crippen LogP contribution in [0.15, 0.2) is 30.6 Å². The van der Waals surface area contributed by atoms with Crippen molar-refractivity contribution >= 4 is 22.8 Å². The van der Waals surface area contributed by atoms with Crippen molar-refractivity contribution in [3.63, 3.8) is 0 Å². The zero-order chi connectivity index (χ0) is 18.8. The zero-order valence-electron chi connectivity index (χ0n) is 15.6. The Bertz CT molecular complexity index is 955. The number of aryl methyl sites for hydroxylation is 2. The van der Waals surface area contributed by atoms with Gasteiger partial charge in [-0.2, -0.15) is 0 Å². The maximum atomic E-state index is 12.7. The van der Waals surface area contributed by atoms with Crippen LogP contribution in [0, 0.1) is 13.8 Å². The number of nitrogens with one attached hydrogen (secondary N) is 1. The highest BCUT2D eigenvalue weighted by Crippen LogP contribution is 2.25. The predicted molar refractivity (Wildman–Crippen MR) is 101 cm³/mol. The molecule has 1 atom stereocenters. The second-order valence-electron chi connectivity index (χ2n) is 6.53. The van der Waals surface area contributed by atoms with Crippen LogP contribution in [0.4, 0.5) is 5.82 Å². The second kappa shape index (κ2) is 7.03. The van der Waals surface area contributed by atoms with Crippen LogP contribution in [0.25, 0.3) is 11.0 Å². The number of carbonyl (C=O) groups excluding carboxylic acids is 1. The Morgan fingerprint density at radius 1 is 1.19 bits per heavy atom. The highest BCUT2D eigenvalue weighted by Gasteiger charge is 2.19. The van der Waals surface area contributed by atoms with Gasteiger partial charge in [-0.05, 0) is 44.0 Å². The second-order valence-corrected chi connectivity index (χ2v) is 6.53. The van der Waals surface area contributed by atoms with Gasteiger partial charge in [-0.15, -0.1) is 0 Å². The molecule has 3 aromatic rings. The molecule has 3 heterocycles. The van der Waals surface area contributed by atoms with Crippen LogP contribution < -0.4 is 10.2 Å². The van der Waals surface area contributed by atoms with Crippen LogP contribution in [-0.4, -0.2) is 39.9 Å². The lowest BCUT2D eigenvalue weighted by atomic mass is 10.1. The van der Waals surface area contributed by atoms with E-state index in [1.54, 1.807) is 12.4 Å². The number of nitrogens with zero attached hydrogens (tertiary/aromatic N) is 5. The van der Waals surface area contributed by atoms with Gasteiger partial charge in [-0.25, -0.2) is 15.0 Å². The first-order valence-corrected chi connectivity index (χ1v) is 8.41. The van der Waals surface area contributed by atoms with Gasteiger partial charge < -0.3 is 10.2 Å². The van der Waals surface area contributed by atoms with E-state index in [4.69, 9.17) is 0 Å². The van der Waals surface area contributed by atoms with Crippen molar-refractivity contribution in [1.82, 2.24) is 25.3 Å². The van der Waals surface area contributed by atoms with Gasteiger partial charge in [0.15, 0.2) is 5.65 Å². The number of pyridine rings is 2. The van der Waals surface area contributed by atoms with Gasteiger partial charge >= 0.3 is 0 Å². The smallest absolute Gasteiger partial charge is 0.289 e. The molecule has 0 aromatic carbocycles. The third kappa shape index (κ3) is 3.46. The average Bonchev–Trinajstić information content (AvgIpc) is 2.60. The van der Waals surface area contributed by atoms with Gasteiger partial charge in [0.1, 0.15) is 5.82 Å². The third-order valence-corrected chi connectivity index (χ3v) is 4.13. The van der Waals surface area contributed by atoms with Crippen molar-refractivity contribution in [3.05, 3.63) is 53.2 Å². The monoisotopic (exact) mass is 350 g/mol. The summed E-state index contributed by atoms with van der Waals surface area (Å²) in [6.45, 7) is 5.81. The molecule has 0 saturated carbocycles. The molecule has 0 bridgehead atoms. The van der Waals surface area contributed by atoms with Crippen LogP contribution >= 0.6 is 0 Å². The summed E-state index contributed by atoms with van der Waals surface area (Å²) in [6, 6.07) is 5.54. The first kappa shape index (κ1) is 17.7. The number of carbonyl (C=O) groups is 1. The van der Waals surface area contributed by atoms with Crippen molar-refractivity contribution in [2.45, 2.75) is 26.8 Å². The molecule has 1 amide bonds. The molecular formula is C19H22N6O. The molecule has 7 heteroatoms. The minimum absolute atomic E-state index is 0.106. The quantitative estimate of drug-likeness (QED) is 0.779. The van der Waals surface area contributed by atoms with E-state index >= 15 is 0 Å². The topological polar surface area (TPSA) is 83.9 Å². The molecule has 0 radical (unpaired) electrons. The fourth-order valence-electron chi connectivity index (χ4n) is 2.86. The average molecular weight is 350 g/mol. The fraction of sp³-hybridized carbons (Fsp3) is 0.316. The van der Waals surface area contributed by atoms with Gasteiger partial charge in [0.05, 0.1) is 11.4 Å². The molecule has 0 saturated heterocycles. The molecule has 1 N–H and O–H groups in total. The largest absolute Gasteiger partial charge is 0.362 e. The van der Waals surface area contributed by atoms with Gasteiger partial charge in [0.2, 0.25) is 5.82 Å². The fourth-order valence-corrected chi connectivity index (χ4v) is 2.86. The van der Waals surface area contributed by atoms with Crippen LogP contribution in [-0.2, 0) is 0 Å². The maximum absolute atomic E-state index is 12.7. The van der Waals surface area contributed by atoms with E-state index in [0.717, 1.165) is 22.2 Å². The summed E-state index contributed by atoms with van der Waals surface area (Å²) in [5.41, 5.74) is 3.33. The van der Waals surface area contributed by atoms with Crippen molar-refractivity contribution in [2.75, 3.05) is 19.0 Å². The van der Waals surface area contributed by atoms with Gasteiger partial charge in [-0.1, -0.05) is 6.07 Å². The molecule has 1 unspecified atom stereocenters. The van der Waals surface area contributed by atoms with Gasteiger partial charge in [0.25, 0.3) is 5.91 Å². The molecule has 3 rings (SSSR count). The summed E-state index contributed by atoms with van der Waals surface area (Å²) in [5, 5.41) is 3.78. The van der Waals surface area contributed by atoms with E-state index in [2.05, 4.69) is 25.3 Å². The molecule has 7 nitrogen and oxygen atoms in total. The van der Waals surface area contributed by atoms with E-state index in [9.17, 15) is 4.79 Å². The zero-order valence-corrected chi connectivity index (χ0v) is 15.6. The molecule has 3 aromatic heterocycles. The minimum Gasteiger partial charge on any atom is -0.362 e. The van der Waals surface area contributed by atoms with E-state index in [1.807, 2.05) is 58.0 Å². The van der Waals surface area contributed by atoms with E-state index in [-0.39, 0.29) is 17.8 Å². The summed E-state index contributed by atoms with van der Waals surface area (Å²) in [4.78, 5) is 32.1. The van der Waals surface area contributed by atoms with E-state index in [1.165, 1.54) is 0 Å². The SMILES string of the molecule is Cc1cc(C)c2c(N(C)C)nc(C(=O)NC(C)c3cccnc3)nc2n1.